The lowest BCUT2D eigenvalue weighted by molar-refractivity contribution is -0.137. The van der Waals surface area contributed by atoms with E-state index in [-0.39, 0.29) is 29.7 Å². The number of benzene rings is 2. The number of hydrogen-bond donors (Lipinski definition) is 2. The van der Waals surface area contributed by atoms with Gasteiger partial charge in [-0.25, -0.2) is 9.48 Å². The van der Waals surface area contributed by atoms with Crippen LogP contribution in [-0.4, -0.2) is 46.8 Å². The van der Waals surface area contributed by atoms with Crippen molar-refractivity contribution in [3.05, 3.63) is 71.5 Å². The monoisotopic (exact) mass is 487 g/mol. The number of rotatable bonds is 6. The summed E-state index contributed by atoms with van der Waals surface area (Å²) in [5.41, 5.74) is 0.600. The van der Waals surface area contributed by atoms with Crippen molar-refractivity contribution in [3.63, 3.8) is 0 Å². The molecule has 0 saturated carbocycles. The van der Waals surface area contributed by atoms with E-state index < -0.39 is 17.6 Å². The number of anilines is 1. The molecule has 3 aromatic rings. The van der Waals surface area contributed by atoms with Gasteiger partial charge in [0.15, 0.2) is 11.4 Å². The molecule has 0 radical (unpaired) electrons. The zero-order valence-corrected chi connectivity index (χ0v) is 18.9. The number of nitrogens with zero attached hydrogens (tertiary/aromatic N) is 3. The van der Waals surface area contributed by atoms with Gasteiger partial charge in [0.2, 0.25) is 0 Å². The molecule has 1 aromatic heterocycles. The van der Waals surface area contributed by atoms with Crippen molar-refractivity contribution >= 4 is 17.6 Å². The Morgan fingerprint density at radius 1 is 1.09 bits per heavy atom. The quantitative estimate of drug-likeness (QED) is 0.538. The zero-order chi connectivity index (χ0) is 25.0. The molecule has 1 saturated heterocycles. The van der Waals surface area contributed by atoms with E-state index in [1.165, 1.54) is 25.4 Å². The van der Waals surface area contributed by atoms with Gasteiger partial charge in [0.05, 0.1) is 24.6 Å². The molecule has 0 bridgehead atoms. The van der Waals surface area contributed by atoms with Crippen LogP contribution in [0.3, 0.4) is 0 Å². The number of carbonyl (C=O) groups is 2. The molecule has 11 heteroatoms. The van der Waals surface area contributed by atoms with E-state index in [1.807, 2.05) is 0 Å². The number of ether oxygens (including phenoxy) is 1. The summed E-state index contributed by atoms with van der Waals surface area (Å²) >= 11 is 0. The standard InChI is InChI=1S/C24H24F3N5O3/c1-35-20-15-32(19-9-5-7-17(13-19)24(25,26)27)30-21(20)22(33)28-14-16-6-4-8-18(12-16)29-23(34)31-10-2-3-11-31/h4-9,12-13,15H,2-3,10-11,14H2,1H3,(H,28,33)(H,29,34). The Morgan fingerprint density at radius 2 is 1.83 bits per heavy atom. The minimum Gasteiger partial charge on any atom is -0.493 e. The maximum atomic E-state index is 13.1. The second kappa shape index (κ2) is 10.1. The summed E-state index contributed by atoms with van der Waals surface area (Å²) < 4.78 is 45.5. The third-order valence-electron chi connectivity index (χ3n) is 5.58. The van der Waals surface area contributed by atoms with Crippen LogP contribution in [0, 0.1) is 0 Å². The molecule has 1 fully saturated rings. The molecule has 3 amide bonds. The van der Waals surface area contributed by atoms with E-state index in [2.05, 4.69) is 15.7 Å². The van der Waals surface area contributed by atoms with Crippen molar-refractivity contribution < 1.29 is 27.5 Å². The first-order chi connectivity index (χ1) is 16.7. The van der Waals surface area contributed by atoms with Crippen molar-refractivity contribution in [2.45, 2.75) is 25.6 Å². The van der Waals surface area contributed by atoms with Crippen LogP contribution in [0.5, 0.6) is 5.75 Å². The molecule has 1 aliphatic heterocycles. The zero-order valence-electron chi connectivity index (χ0n) is 18.9. The fourth-order valence-electron chi connectivity index (χ4n) is 3.77. The number of methoxy groups -OCH3 is 1. The fraction of sp³-hybridized carbons (Fsp3) is 0.292. The van der Waals surface area contributed by atoms with Crippen LogP contribution in [0.15, 0.2) is 54.7 Å². The molecule has 1 aliphatic rings. The number of likely N-dealkylation sites (tertiary alicyclic amines) is 1. The third-order valence-corrected chi connectivity index (χ3v) is 5.58. The Labute approximate surface area is 199 Å². The SMILES string of the molecule is COc1cn(-c2cccc(C(F)(F)F)c2)nc1C(=O)NCc1cccc(NC(=O)N2CCCC2)c1. The highest BCUT2D eigenvalue weighted by Gasteiger charge is 2.31. The average Bonchev–Trinajstić information content (AvgIpc) is 3.53. The maximum Gasteiger partial charge on any atom is 0.416 e. The third kappa shape index (κ3) is 5.73. The molecule has 8 nitrogen and oxygen atoms in total. The highest BCUT2D eigenvalue weighted by molar-refractivity contribution is 5.95. The highest BCUT2D eigenvalue weighted by Crippen LogP contribution is 2.30. The largest absolute Gasteiger partial charge is 0.493 e. The second-order valence-electron chi connectivity index (χ2n) is 8.05. The average molecular weight is 487 g/mol. The van der Waals surface area contributed by atoms with Crippen molar-refractivity contribution in [1.29, 1.82) is 0 Å². The molecule has 0 atom stereocenters. The van der Waals surface area contributed by atoms with Gasteiger partial charge in [0, 0.05) is 25.3 Å². The van der Waals surface area contributed by atoms with Crippen LogP contribution < -0.4 is 15.4 Å². The van der Waals surface area contributed by atoms with Crippen LogP contribution in [0.25, 0.3) is 5.69 Å². The predicted molar refractivity (Wildman–Crippen MR) is 123 cm³/mol. The molecule has 184 valence electrons. The fourth-order valence-corrected chi connectivity index (χ4v) is 3.77. The first-order valence-electron chi connectivity index (χ1n) is 11.0. The minimum atomic E-state index is -4.50. The Bertz CT molecular complexity index is 1220. The van der Waals surface area contributed by atoms with Crippen LogP contribution >= 0.6 is 0 Å². The summed E-state index contributed by atoms with van der Waals surface area (Å²) in [6.07, 6.45) is -1.17. The Hall–Kier alpha value is -4.02. The van der Waals surface area contributed by atoms with Gasteiger partial charge in [0.25, 0.3) is 5.91 Å². The van der Waals surface area contributed by atoms with Crippen LogP contribution in [-0.2, 0) is 12.7 Å². The first-order valence-corrected chi connectivity index (χ1v) is 11.0. The summed E-state index contributed by atoms with van der Waals surface area (Å²) in [6.45, 7) is 1.61. The van der Waals surface area contributed by atoms with E-state index in [0.29, 0.717) is 5.69 Å². The summed E-state index contributed by atoms with van der Waals surface area (Å²) in [4.78, 5) is 26.8. The number of hydrogen-bond acceptors (Lipinski definition) is 4. The van der Waals surface area contributed by atoms with Gasteiger partial charge in [-0.2, -0.15) is 18.3 Å². The van der Waals surface area contributed by atoms with Crippen molar-refractivity contribution in [2.24, 2.45) is 0 Å². The van der Waals surface area contributed by atoms with E-state index in [4.69, 9.17) is 4.74 Å². The number of alkyl halides is 3. The maximum absolute atomic E-state index is 13.1. The molecule has 4 rings (SSSR count). The predicted octanol–water partition coefficient (Wildman–Crippen LogP) is 4.46. The summed E-state index contributed by atoms with van der Waals surface area (Å²) in [5, 5.41) is 9.72. The van der Waals surface area contributed by atoms with Gasteiger partial charge in [0.1, 0.15) is 0 Å². The normalized spacial score (nSPS) is 13.5. The summed E-state index contributed by atoms with van der Waals surface area (Å²) in [7, 11) is 1.34. The number of halogens is 3. The summed E-state index contributed by atoms with van der Waals surface area (Å²) in [5.74, 6) is -0.439. The molecule has 0 spiro atoms. The number of amides is 3. The Kier molecular flexibility index (Phi) is 6.94. The highest BCUT2D eigenvalue weighted by atomic mass is 19.4. The van der Waals surface area contributed by atoms with Crippen molar-refractivity contribution in [3.8, 4) is 11.4 Å². The van der Waals surface area contributed by atoms with Gasteiger partial charge in [-0.05, 0) is 48.7 Å². The first kappa shape index (κ1) is 24.1. The molecule has 2 heterocycles. The number of nitrogens with one attached hydrogen (secondary N) is 2. The number of urea groups is 1. The minimum absolute atomic E-state index is 0.0663. The molecular formula is C24H24F3N5O3. The second-order valence-corrected chi connectivity index (χ2v) is 8.05. The van der Waals surface area contributed by atoms with Gasteiger partial charge in [-0.1, -0.05) is 18.2 Å². The van der Waals surface area contributed by atoms with Crippen LogP contribution in [0.4, 0.5) is 23.7 Å². The molecule has 35 heavy (non-hydrogen) atoms. The summed E-state index contributed by atoms with van der Waals surface area (Å²) in [6, 6.07) is 11.5. The van der Waals surface area contributed by atoms with Gasteiger partial charge in [-0.3, -0.25) is 4.79 Å². The van der Waals surface area contributed by atoms with Gasteiger partial charge < -0.3 is 20.3 Å². The molecule has 0 unspecified atom stereocenters. The van der Waals surface area contributed by atoms with Crippen LogP contribution in [0.1, 0.15) is 34.5 Å². The topological polar surface area (TPSA) is 88.5 Å². The van der Waals surface area contributed by atoms with Crippen molar-refractivity contribution in [2.75, 3.05) is 25.5 Å². The Balaban J connectivity index is 1.44. The molecular weight excluding hydrogens is 463 g/mol. The van der Waals surface area contributed by atoms with Crippen LogP contribution in [0.2, 0.25) is 0 Å². The lowest BCUT2D eigenvalue weighted by Crippen LogP contribution is -2.32. The van der Waals surface area contributed by atoms with E-state index in [9.17, 15) is 22.8 Å². The van der Waals surface area contributed by atoms with Gasteiger partial charge in [-0.15, -0.1) is 0 Å². The lowest BCUT2D eigenvalue weighted by atomic mass is 10.2. The lowest BCUT2D eigenvalue weighted by Gasteiger charge is -2.16. The molecule has 2 N–H and O–H groups in total. The van der Waals surface area contributed by atoms with Gasteiger partial charge >= 0.3 is 12.2 Å². The van der Waals surface area contributed by atoms with Crippen molar-refractivity contribution in [1.82, 2.24) is 20.0 Å². The Morgan fingerprint density at radius 3 is 2.54 bits per heavy atom. The van der Waals surface area contributed by atoms with E-state index in [1.54, 1.807) is 29.2 Å². The molecule has 0 aliphatic carbocycles. The van der Waals surface area contributed by atoms with E-state index >= 15 is 0 Å². The number of aromatic nitrogens is 2. The van der Waals surface area contributed by atoms with E-state index in [0.717, 1.165) is 48.3 Å². The smallest absolute Gasteiger partial charge is 0.416 e. The number of carbonyl (C=O) groups excluding carboxylic acids is 2. The molecule has 2 aromatic carbocycles.